The summed E-state index contributed by atoms with van der Waals surface area (Å²) in [5, 5.41) is 20.8. The van der Waals surface area contributed by atoms with E-state index in [0.717, 1.165) is 84.2 Å². The Morgan fingerprint density at radius 1 is 1.02 bits per heavy atom. The molecule has 2 saturated carbocycles. The monoisotopic (exact) mass is 634 g/mol. The lowest BCUT2D eigenvalue weighted by atomic mass is 9.87. The fourth-order valence-corrected chi connectivity index (χ4v) is 6.63. The number of hydrogen-bond donors (Lipinski definition) is 3. The van der Waals surface area contributed by atoms with Gasteiger partial charge in [0.15, 0.2) is 16.6 Å². The molecule has 1 aromatic carbocycles. The first-order valence-electron chi connectivity index (χ1n) is 15.6. The number of nitrogens with zero attached hydrogens (tertiary/aromatic N) is 4. The second-order valence-corrected chi connectivity index (χ2v) is 13.0. The number of methoxy groups -OCH3 is 1. The van der Waals surface area contributed by atoms with E-state index in [0.29, 0.717) is 17.7 Å². The molecule has 1 amide bonds. The summed E-state index contributed by atoms with van der Waals surface area (Å²) in [5.74, 6) is 1.68. The van der Waals surface area contributed by atoms with Gasteiger partial charge in [0.2, 0.25) is 5.91 Å². The van der Waals surface area contributed by atoms with Crippen LogP contribution in [-0.2, 0) is 16.1 Å². The zero-order valence-corrected chi connectivity index (χ0v) is 26.9. The van der Waals surface area contributed by atoms with E-state index in [1.165, 1.54) is 30.6 Å². The Labute approximate surface area is 267 Å². The van der Waals surface area contributed by atoms with Crippen molar-refractivity contribution in [3.8, 4) is 11.5 Å². The Kier molecular flexibility index (Phi) is 10.9. The highest BCUT2D eigenvalue weighted by molar-refractivity contribution is 7.15. The number of aromatic nitrogens is 4. The smallest absolute Gasteiger partial charge is 0.300 e. The number of rotatable bonds is 9. The first-order valence-corrected chi connectivity index (χ1v) is 16.4. The molecule has 0 atom stereocenters. The molecule has 3 heterocycles. The first-order chi connectivity index (χ1) is 21.8. The summed E-state index contributed by atoms with van der Waals surface area (Å²) < 4.78 is 13.9. The van der Waals surface area contributed by atoms with Gasteiger partial charge >= 0.3 is 0 Å². The predicted octanol–water partition coefficient (Wildman–Crippen LogP) is 6.66. The van der Waals surface area contributed by atoms with E-state index in [9.17, 15) is 4.79 Å². The van der Waals surface area contributed by atoms with Crippen molar-refractivity contribution in [2.45, 2.75) is 90.3 Å². The molecule has 0 spiro atoms. The standard InChI is InChI=1S/C31H38N6O3S.C2H4O2/c1-20-18-33-31(41-20)35-30(38)22-10-14-25(15-11-22)40-26-16-17-32-29-27(26)28(34-23-6-4-3-5-7-23)36-37(29)19-21-8-12-24(39-2)13-9-21;1-2(3)4/h8-9,12-13,16-18,22-23,25H,3-7,10-11,14-15,19H2,1-2H3,(H,34,36)(H,33,35,38);1H3,(H,3,4). The molecule has 0 saturated heterocycles. The van der Waals surface area contributed by atoms with E-state index in [1.54, 1.807) is 13.3 Å². The fourth-order valence-electron chi connectivity index (χ4n) is 5.97. The molecule has 45 heavy (non-hydrogen) atoms. The lowest BCUT2D eigenvalue weighted by Gasteiger charge is -2.28. The quantitative estimate of drug-likeness (QED) is 0.184. The molecule has 2 aliphatic carbocycles. The lowest BCUT2D eigenvalue weighted by Crippen LogP contribution is -2.31. The van der Waals surface area contributed by atoms with Crippen LogP contribution >= 0.6 is 11.3 Å². The minimum absolute atomic E-state index is 0.0210. The van der Waals surface area contributed by atoms with Crippen molar-refractivity contribution in [1.29, 1.82) is 0 Å². The number of anilines is 2. The summed E-state index contributed by atoms with van der Waals surface area (Å²) in [6.07, 6.45) is 12.9. The number of pyridine rings is 1. The van der Waals surface area contributed by atoms with Crippen LogP contribution in [0.5, 0.6) is 11.5 Å². The molecule has 0 unspecified atom stereocenters. The highest BCUT2D eigenvalue weighted by Gasteiger charge is 2.29. The van der Waals surface area contributed by atoms with E-state index in [-0.39, 0.29) is 17.9 Å². The Balaban J connectivity index is 0.000000945. The summed E-state index contributed by atoms with van der Waals surface area (Å²) in [6.45, 7) is 3.67. The number of aliphatic carboxylic acids is 1. The van der Waals surface area contributed by atoms with Crippen LogP contribution < -0.4 is 20.1 Å². The number of amides is 1. The van der Waals surface area contributed by atoms with Gasteiger partial charge in [-0.2, -0.15) is 5.10 Å². The van der Waals surface area contributed by atoms with E-state index in [2.05, 4.69) is 27.8 Å². The molecule has 0 bridgehead atoms. The van der Waals surface area contributed by atoms with Crippen molar-refractivity contribution in [2.75, 3.05) is 17.7 Å². The van der Waals surface area contributed by atoms with E-state index in [1.807, 2.05) is 36.0 Å². The summed E-state index contributed by atoms with van der Waals surface area (Å²) in [6, 6.07) is 10.4. The zero-order valence-electron chi connectivity index (χ0n) is 26.1. The number of carboxylic acids is 1. The summed E-state index contributed by atoms with van der Waals surface area (Å²) >= 11 is 1.51. The van der Waals surface area contributed by atoms with Gasteiger partial charge < -0.3 is 25.2 Å². The molecule has 6 rings (SSSR count). The third kappa shape index (κ3) is 8.72. The number of ether oxygens (including phenoxy) is 2. The molecule has 12 heteroatoms. The lowest BCUT2D eigenvalue weighted by molar-refractivity contribution is -0.134. The van der Waals surface area contributed by atoms with Crippen LogP contribution in [0.3, 0.4) is 0 Å². The molecule has 11 nitrogen and oxygen atoms in total. The maximum absolute atomic E-state index is 12.8. The molecular formula is C33H42N6O5S. The van der Waals surface area contributed by atoms with E-state index in [4.69, 9.17) is 29.5 Å². The predicted molar refractivity (Wildman–Crippen MR) is 175 cm³/mol. The third-order valence-corrected chi connectivity index (χ3v) is 9.05. The fraction of sp³-hybridized carbons (Fsp3) is 0.485. The van der Waals surface area contributed by atoms with Gasteiger partial charge in [0.1, 0.15) is 16.9 Å². The van der Waals surface area contributed by atoms with Gasteiger partial charge in [-0.05, 0) is 69.2 Å². The third-order valence-electron chi connectivity index (χ3n) is 8.22. The second-order valence-electron chi connectivity index (χ2n) is 11.7. The van der Waals surface area contributed by atoms with Gasteiger partial charge in [-0.1, -0.05) is 31.4 Å². The molecule has 0 radical (unpaired) electrons. The van der Waals surface area contributed by atoms with Crippen molar-refractivity contribution in [1.82, 2.24) is 19.7 Å². The molecule has 2 fully saturated rings. The summed E-state index contributed by atoms with van der Waals surface area (Å²) in [4.78, 5) is 31.9. The van der Waals surface area contributed by atoms with Gasteiger partial charge in [0, 0.05) is 36.2 Å². The van der Waals surface area contributed by atoms with Crippen molar-refractivity contribution in [2.24, 2.45) is 5.92 Å². The zero-order chi connectivity index (χ0) is 31.8. The number of carbonyl (C=O) groups excluding carboxylic acids is 1. The minimum atomic E-state index is -0.833. The average Bonchev–Trinajstić information content (AvgIpc) is 3.60. The van der Waals surface area contributed by atoms with Crippen LogP contribution in [0.15, 0.2) is 42.7 Å². The number of hydrogen-bond acceptors (Lipinski definition) is 9. The summed E-state index contributed by atoms with van der Waals surface area (Å²) in [5.41, 5.74) is 1.93. The van der Waals surface area contributed by atoms with Gasteiger partial charge in [0.05, 0.1) is 19.8 Å². The molecule has 2 aliphatic rings. The van der Waals surface area contributed by atoms with Crippen LogP contribution in [0.2, 0.25) is 0 Å². The first kappa shape index (κ1) is 32.2. The maximum atomic E-state index is 12.8. The van der Waals surface area contributed by atoms with Gasteiger partial charge in [-0.15, -0.1) is 11.3 Å². The van der Waals surface area contributed by atoms with Gasteiger partial charge in [-0.25, -0.2) is 14.6 Å². The number of carboxylic acid groups (broad SMARTS) is 1. The Morgan fingerprint density at radius 2 is 1.73 bits per heavy atom. The topological polar surface area (TPSA) is 140 Å². The highest BCUT2D eigenvalue weighted by atomic mass is 32.1. The number of aryl methyl sites for hydroxylation is 1. The molecule has 3 N–H and O–H groups in total. The van der Waals surface area contributed by atoms with Crippen LogP contribution in [0.1, 0.15) is 75.2 Å². The highest BCUT2D eigenvalue weighted by Crippen LogP contribution is 2.36. The van der Waals surface area contributed by atoms with Crippen LogP contribution in [0.4, 0.5) is 10.9 Å². The van der Waals surface area contributed by atoms with Crippen molar-refractivity contribution in [3.05, 3.63) is 53.2 Å². The van der Waals surface area contributed by atoms with Crippen LogP contribution in [0.25, 0.3) is 11.0 Å². The number of nitrogens with one attached hydrogen (secondary N) is 2. The van der Waals surface area contributed by atoms with E-state index >= 15 is 0 Å². The number of thiazole rings is 1. The normalized spacial score (nSPS) is 18.5. The van der Waals surface area contributed by atoms with Crippen molar-refractivity contribution < 1.29 is 24.2 Å². The average molecular weight is 635 g/mol. The molecule has 0 aliphatic heterocycles. The molecule has 240 valence electrons. The summed E-state index contributed by atoms with van der Waals surface area (Å²) in [7, 11) is 1.68. The van der Waals surface area contributed by atoms with Gasteiger partial charge in [-0.3, -0.25) is 9.59 Å². The van der Waals surface area contributed by atoms with E-state index < -0.39 is 5.97 Å². The molecule has 3 aromatic heterocycles. The molecular weight excluding hydrogens is 592 g/mol. The van der Waals surface area contributed by atoms with Crippen LogP contribution in [0, 0.1) is 12.8 Å². The molecule has 4 aromatic rings. The number of benzene rings is 1. The Morgan fingerprint density at radius 3 is 2.38 bits per heavy atom. The maximum Gasteiger partial charge on any atom is 0.300 e. The Bertz CT molecular complexity index is 1570. The minimum Gasteiger partial charge on any atom is -0.497 e. The number of fused-ring (bicyclic) bond motifs is 1. The largest absolute Gasteiger partial charge is 0.497 e. The van der Waals surface area contributed by atoms with Crippen molar-refractivity contribution in [3.63, 3.8) is 0 Å². The SMILES string of the molecule is CC(=O)O.COc1ccc(Cn2nc(NC3CCCCC3)c3c(OC4CCC(C(=O)Nc5ncc(C)s5)CC4)ccnc32)cc1. The van der Waals surface area contributed by atoms with Crippen molar-refractivity contribution >= 4 is 45.2 Å². The Hall–Kier alpha value is -4.19. The second kappa shape index (κ2) is 15.2. The van der Waals surface area contributed by atoms with Crippen LogP contribution in [-0.4, -0.2) is 56.0 Å². The number of carbonyl (C=O) groups is 2. The van der Waals surface area contributed by atoms with Gasteiger partial charge in [0.25, 0.3) is 5.97 Å².